The molecule has 0 bridgehead atoms. The predicted octanol–water partition coefficient (Wildman–Crippen LogP) is 0.141. The van der Waals surface area contributed by atoms with Crippen LogP contribution in [0.1, 0.15) is 37.5 Å². The predicted molar refractivity (Wildman–Crippen MR) is 131 cm³/mol. The Labute approximate surface area is 216 Å². The third-order valence-electron chi connectivity index (χ3n) is 7.78. The molecule has 0 aliphatic heterocycles. The van der Waals surface area contributed by atoms with E-state index in [1.165, 1.54) is 25.1 Å². The van der Waals surface area contributed by atoms with Crippen LogP contribution >= 0.6 is 0 Å². The van der Waals surface area contributed by atoms with E-state index in [2.05, 4.69) is 0 Å². The lowest BCUT2D eigenvalue weighted by atomic mass is 9.56. The third-order valence-corrected chi connectivity index (χ3v) is 7.78. The number of benzene rings is 1. The number of amides is 1. The van der Waals surface area contributed by atoms with Crippen molar-refractivity contribution in [3.05, 3.63) is 49.8 Å². The fraction of sp³-hybridized carbons (Fsp3) is 0.480. The molecule has 0 aromatic heterocycles. The smallest absolute Gasteiger partial charge is 0.273 e. The lowest BCUT2D eigenvalue weighted by Gasteiger charge is -2.52. The van der Waals surface area contributed by atoms with Crippen LogP contribution in [0.25, 0.3) is 5.76 Å². The number of nitrogens with zero attached hydrogens (tertiary/aromatic N) is 2. The fourth-order valence-electron chi connectivity index (χ4n) is 6.04. The van der Waals surface area contributed by atoms with Crippen LogP contribution in [-0.2, 0) is 26.2 Å². The van der Waals surface area contributed by atoms with Crippen LogP contribution in [-0.4, -0.2) is 84.7 Å². The average molecular weight is 532 g/mol. The lowest BCUT2D eigenvalue weighted by Crippen LogP contribution is -2.70. The Morgan fingerprint density at radius 1 is 1.21 bits per heavy atom. The highest BCUT2D eigenvalue weighted by Crippen LogP contribution is 2.54. The van der Waals surface area contributed by atoms with Gasteiger partial charge in [-0.3, -0.25) is 29.4 Å². The van der Waals surface area contributed by atoms with Crippen molar-refractivity contribution in [1.29, 1.82) is 0 Å². The molecule has 4 rings (SSSR count). The minimum atomic E-state index is -3.05. The summed E-state index contributed by atoms with van der Waals surface area (Å²) in [5.74, 6) is -9.68. The molecule has 204 valence electrons. The standard InChI is InChI=1S/C25H29N3O10/c1-24(2,3)10-7-11(28(37)38)8-6-9-13(19(31)12(8)18(10)30)21(33)25(36)15(17(9)29)16(27(4)5)20(32)14(22(25)34)23(26)35/h7,9,15-17,29-31,34,36H,6H2,1-5H3,(H2,26,35)/t9-,15-,16+,17+,25+/m0/s1. The number of nitro benzene ring substituents is 1. The van der Waals surface area contributed by atoms with Crippen LogP contribution in [0.2, 0.25) is 0 Å². The molecular weight excluding hydrogens is 502 g/mol. The number of phenolic OH excluding ortho intramolecular Hbond substituents is 1. The molecule has 1 aromatic carbocycles. The molecule has 0 spiro atoms. The van der Waals surface area contributed by atoms with Gasteiger partial charge in [-0.05, 0) is 25.9 Å². The van der Waals surface area contributed by atoms with Crippen molar-refractivity contribution < 1.29 is 44.8 Å². The highest BCUT2D eigenvalue weighted by atomic mass is 16.6. The number of primary amides is 1. The highest BCUT2D eigenvalue weighted by Gasteiger charge is 2.67. The van der Waals surface area contributed by atoms with Gasteiger partial charge in [0.15, 0.2) is 11.4 Å². The minimum absolute atomic E-state index is 0.101. The normalized spacial score (nSPS) is 29.3. The molecule has 3 aliphatic carbocycles. The van der Waals surface area contributed by atoms with Crippen LogP contribution in [0.3, 0.4) is 0 Å². The minimum Gasteiger partial charge on any atom is -0.508 e. The van der Waals surface area contributed by atoms with Gasteiger partial charge in [0.25, 0.3) is 11.6 Å². The number of aliphatic hydroxyl groups excluding tert-OH is 3. The summed E-state index contributed by atoms with van der Waals surface area (Å²) in [7, 11) is 2.77. The summed E-state index contributed by atoms with van der Waals surface area (Å²) < 4.78 is 0. The number of carbonyl (C=O) groups excluding carboxylic acids is 3. The van der Waals surface area contributed by atoms with Gasteiger partial charge in [0, 0.05) is 28.7 Å². The Kier molecular flexibility index (Phi) is 5.98. The Balaban J connectivity index is 2.09. The zero-order chi connectivity index (χ0) is 28.8. The monoisotopic (exact) mass is 531 g/mol. The Bertz CT molecular complexity index is 1390. The van der Waals surface area contributed by atoms with Gasteiger partial charge >= 0.3 is 0 Å². The van der Waals surface area contributed by atoms with Crippen molar-refractivity contribution in [2.75, 3.05) is 14.1 Å². The van der Waals surface area contributed by atoms with Crippen molar-refractivity contribution >= 4 is 28.9 Å². The van der Waals surface area contributed by atoms with Gasteiger partial charge in [-0.15, -0.1) is 0 Å². The van der Waals surface area contributed by atoms with Gasteiger partial charge in [-0.25, -0.2) is 0 Å². The Morgan fingerprint density at radius 3 is 2.26 bits per heavy atom. The number of carbonyl (C=O) groups is 3. The lowest BCUT2D eigenvalue weighted by molar-refractivity contribution is -0.385. The molecule has 0 radical (unpaired) electrons. The molecule has 3 aliphatic rings. The van der Waals surface area contributed by atoms with E-state index < -0.39 is 103 Å². The molecular formula is C25H29N3O10. The Hall–Kier alpha value is -3.81. The zero-order valence-corrected chi connectivity index (χ0v) is 21.3. The second-order valence-corrected chi connectivity index (χ2v) is 11.2. The SMILES string of the molecule is CN(C)[C@H]1C(=O)C(C(N)=O)=C(O)[C@]2(O)C(=O)C3=C(O)c4c(O)c(C(C)(C)C)cc([N+](=O)[O-])c4C[C@@H]3[C@@H](O)[C@H]12. The van der Waals surface area contributed by atoms with Crippen LogP contribution in [0, 0.1) is 22.0 Å². The van der Waals surface area contributed by atoms with E-state index in [4.69, 9.17) is 5.73 Å². The van der Waals surface area contributed by atoms with E-state index in [0.717, 1.165) is 0 Å². The number of likely N-dealkylation sites (N-methyl/N-ethyl adjacent to an activating group) is 1. The first kappa shape index (κ1) is 27.2. The summed E-state index contributed by atoms with van der Waals surface area (Å²) in [5.41, 5.74) is -1.15. The van der Waals surface area contributed by atoms with E-state index in [0.29, 0.717) is 0 Å². The van der Waals surface area contributed by atoms with E-state index in [9.17, 15) is 50.0 Å². The van der Waals surface area contributed by atoms with Crippen molar-refractivity contribution in [2.45, 2.75) is 50.4 Å². The number of aromatic hydroxyl groups is 1. The number of phenols is 1. The molecule has 1 fully saturated rings. The maximum absolute atomic E-state index is 13.9. The Morgan fingerprint density at radius 2 is 1.79 bits per heavy atom. The van der Waals surface area contributed by atoms with Crippen molar-refractivity contribution in [3.8, 4) is 5.75 Å². The third kappa shape index (κ3) is 3.38. The topological polar surface area (TPSA) is 225 Å². The molecule has 13 nitrogen and oxygen atoms in total. The highest BCUT2D eigenvalue weighted by molar-refractivity contribution is 6.24. The maximum Gasteiger partial charge on any atom is 0.273 e. The zero-order valence-electron chi connectivity index (χ0n) is 21.3. The van der Waals surface area contributed by atoms with Crippen LogP contribution in [0.4, 0.5) is 5.69 Å². The summed E-state index contributed by atoms with van der Waals surface area (Å²) in [6.45, 7) is 5.02. The summed E-state index contributed by atoms with van der Waals surface area (Å²) >= 11 is 0. The first-order chi connectivity index (χ1) is 17.4. The van der Waals surface area contributed by atoms with Crippen LogP contribution in [0.5, 0.6) is 5.75 Å². The van der Waals surface area contributed by atoms with Crippen LogP contribution in [0.15, 0.2) is 23.0 Å². The summed E-state index contributed by atoms with van der Waals surface area (Å²) in [4.78, 5) is 51.6. The number of nitrogens with two attached hydrogens (primary N) is 1. The summed E-state index contributed by atoms with van der Waals surface area (Å²) in [5, 5.41) is 68.4. The quantitative estimate of drug-likeness (QED) is 0.175. The first-order valence-corrected chi connectivity index (χ1v) is 11.8. The summed E-state index contributed by atoms with van der Waals surface area (Å²) in [6.07, 6.45) is -2.23. The summed E-state index contributed by atoms with van der Waals surface area (Å²) in [6, 6.07) is -0.339. The van der Waals surface area contributed by atoms with E-state index in [1.54, 1.807) is 20.8 Å². The number of hydrogen-bond acceptors (Lipinski definition) is 11. The molecule has 1 saturated carbocycles. The molecule has 13 heteroatoms. The number of nitro groups is 1. The van der Waals surface area contributed by atoms with Crippen LogP contribution < -0.4 is 5.73 Å². The average Bonchev–Trinajstić information content (AvgIpc) is 2.77. The molecule has 7 N–H and O–H groups in total. The van der Waals surface area contributed by atoms with Crippen molar-refractivity contribution in [3.63, 3.8) is 0 Å². The van der Waals surface area contributed by atoms with Crippen molar-refractivity contribution in [2.24, 2.45) is 17.6 Å². The molecule has 0 saturated heterocycles. The number of fused-ring (bicyclic) bond motifs is 3. The second-order valence-electron chi connectivity index (χ2n) is 11.2. The number of hydrogen-bond donors (Lipinski definition) is 6. The van der Waals surface area contributed by atoms with Gasteiger partial charge in [-0.1, -0.05) is 20.8 Å². The molecule has 5 atom stereocenters. The largest absolute Gasteiger partial charge is 0.508 e. The van der Waals surface area contributed by atoms with Gasteiger partial charge in [0.2, 0.25) is 5.78 Å². The van der Waals surface area contributed by atoms with E-state index in [-0.39, 0.29) is 11.1 Å². The molecule has 38 heavy (non-hydrogen) atoms. The van der Waals surface area contributed by atoms with Crippen molar-refractivity contribution in [1.82, 2.24) is 4.90 Å². The maximum atomic E-state index is 13.9. The van der Waals surface area contributed by atoms with Gasteiger partial charge in [0.05, 0.1) is 28.6 Å². The molecule has 0 unspecified atom stereocenters. The van der Waals surface area contributed by atoms with E-state index >= 15 is 0 Å². The fourth-order valence-corrected chi connectivity index (χ4v) is 6.04. The number of ketones is 2. The van der Waals surface area contributed by atoms with E-state index in [1.807, 2.05) is 0 Å². The number of aliphatic hydroxyl groups is 4. The second kappa shape index (κ2) is 8.35. The number of Topliss-reactive ketones (excluding diaryl/α,β-unsaturated/α-hetero) is 2. The molecule has 0 heterocycles. The van der Waals surface area contributed by atoms with Gasteiger partial charge in [-0.2, -0.15) is 0 Å². The first-order valence-electron chi connectivity index (χ1n) is 11.8. The van der Waals surface area contributed by atoms with Gasteiger partial charge in [0.1, 0.15) is 22.8 Å². The molecule has 1 aromatic rings. The number of rotatable bonds is 3. The van der Waals surface area contributed by atoms with Gasteiger partial charge < -0.3 is 31.3 Å². The molecule has 1 amide bonds.